The number of guanidine groups is 1. The number of aliphatic imine (C=N–C) groups is 1. The first-order valence-electron chi connectivity index (χ1n) is 8.93. The van der Waals surface area contributed by atoms with Gasteiger partial charge in [0.1, 0.15) is 11.6 Å². The minimum atomic E-state index is -0.449. The van der Waals surface area contributed by atoms with E-state index in [1.165, 1.54) is 11.1 Å². The molecule has 0 amide bonds. The van der Waals surface area contributed by atoms with Crippen molar-refractivity contribution in [2.24, 2.45) is 4.99 Å². The van der Waals surface area contributed by atoms with Crippen LogP contribution in [-0.2, 0) is 6.54 Å². The Morgan fingerprint density at radius 2 is 2.04 bits per heavy atom. The van der Waals surface area contributed by atoms with E-state index in [0.29, 0.717) is 18.5 Å². The van der Waals surface area contributed by atoms with Crippen LogP contribution >= 0.6 is 35.3 Å². The molecule has 0 bridgehead atoms. The zero-order valence-corrected chi connectivity index (χ0v) is 18.4. The van der Waals surface area contributed by atoms with Gasteiger partial charge >= 0.3 is 0 Å². The summed E-state index contributed by atoms with van der Waals surface area (Å²) in [6, 6.07) is 8.00. The maximum atomic E-state index is 13.8. The molecule has 27 heavy (non-hydrogen) atoms. The van der Waals surface area contributed by atoms with Gasteiger partial charge in [-0.15, -0.1) is 35.3 Å². The first-order chi connectivity index (χ1) is 12.7. The molecule has 2 N–H and O–H groups in total. The summed E-state index contributed by atoms with van der Waals surface area (Å²) in [6.07, 6.45) is 2.02. The number of piperidine rings is 1. The van der Waals surface area contributed by atoms with Crippen molar-refractivity contribution >= 4 is 46.3 Å². The van der Waals surface area contributed by atoms with E-state index in [-0.39, 0.29) is 36.1 Å². The molecule has 0 spiro atoms. The molecular weight excluding hydrogens is 481 g/mol. The number of rotatable bonds is 5. The van der Waals surface area contributed by atoms with Crippen LogP contribution in [0.1, 0.15) is 25.3 Å². The molecule has 1 aromatic carbocycles. The molecule has 148 valence electrons. The van der Waals surface area contributed by atoms with Gasteiger partial charge in [0.05, 0.1) is 11.5 Å². The number of benzene rings is 1. The van der Waals surface area contributed by atoms with Gasteiger partial charge in [-0.3, -0.25) is 0 Å². The second kappa shape index (κ2) is 10.8. The number of nitrogens with one attached hydrogen (secondary N) is 2. The van der Waals surface area contributed by atoms with Crippen molar-refractivity contribution in [3.63, 3.8) is 0 Å². The topological polar surface area (TPSA) is 39.7 Å². The Hall–Kier alpha value is -1.42. The molecule has 1 aliphatic heterocycles. The molecule has 2 heterocycles. The van der Waals surface area contributed by atoms with Crippen molar-refractivity contribution in [2.45, 2.75) is 32.4 Å². The lowest BCUT2D eigenvalue weighted by atomic mass is 10.1. The zero-order valence-electron chi connectivity index (χ0n) is 15.3. The number of thiophene rings is 1. The van der Waals surface area contributed by atoms with E-state index in [1.807, 2.05) is 6.92 Å². The minimum absolute atomic E-state index is 0. The highest BCUT2D eigenvalue weighted by Gasteiger charge is 2.20. The van der Waals surface area contributed by atoms with Crippen LogP contribution in [0.25, 0.3) is 0 Å². The summed E-state index contributed by atoms with van der Waals surface area (Å²) in [6.45, 7) is 4.80. The molecule has 8 heteroatoms. The van der Waals surface area contributed by atoms with Crippen LogP contribution < -0.4 is 15.5 Å². The molecule has 0 radical (unpaired) electrons. The summed E-state index contributed by atoms with van der Waals surface area (Å²) in [5.41, 5.74) is 0.259. The molecular formula is C19H25F2IN4S. The third-order valence-corrected chi connectivity index (χ3v) is 5.34. The standard InChI is InChI=1S/C19H24F2N4S.HI/c1-2-22-19(23-13-14-12-15(20)5-6-17(14)21)24-16-7-9-25(10-8-16)18-4-3-11-26-18;/h3-6,11-12,16H,2,7-10,13H2,1H3,(H2,22,23,24);1H. The van der Waals surface area contributed by atoms with Crippen LogP contribution in [-0.4, -0.2) is 31.6 Å². The summed E-state index contributed by atoms with van der Waals surface area (Å²) < 4.78 is 27.1. The van der Waals surface area contributed by atoms with Crippen LogP contribution in [0, 0.1) is 11.6 Å². The lowest BCUT2D eigenvalue weighted by molar-refractivity contribution is 0.462. The zero-order chi connectivity index (χ0) is 18.4. The van der Waals surface area contributed by atoms with Gasteiger partial charge in [0.2, 0.25) is 0 Å². The highest BCUT2D eigenvalue weighted by Crippen LogP contribution is 2.24. The van der Waals surface area contributed by atoms with Crippen LogP contribution in [0.4, 0.5) is 13.8 Å². The summed E-state index contributed by atoms with van der Waals surface area (Å²) in [5.74, 6) is -0.239. The first kappa shape index (κ1) is 21.9. The van der Waals surface area contributed by atoms with Gasteiger partial charge in [0.25, 0.3) is 0 Å². The van der Waals surface area contributed by atoms with E-state index in [1.54, 1.807) is 11.3 Å². The van der Waals surface area contributed by atoms with Crippen LogP contribution in [0.3, 0.4) is 0 Å². The number of nitrogens with zero attached hydrogens (tertiary/aromatic N) is 2. The van der Waals surface area contributed by atoms with Crippen molar-refractivity contribution in [1.29, 1.82) is 0 Å². The number of halogens is 3. The normalized spacial score (nSPS) is 15.4. The molecule has 1 fully saturated rings. The average molecular weight is 506 g/mol. The smallest absolute Gasteiger partial charge is 0.191 e. The fourth-order valence-corrected chi connectivity index (χ4v) is 3.82. The minimum Gasteiger partial charge on any atom is -0.363 e. The molecule has 0 saturated carbocycles. The van der Waals surface area contributed by atoms with E-state index < -0.39 is 11.6 Å². The van der Waals surface area contributed by atoms with E-state index >= 15 is 0 Å². The van der Waals surface area contributed by atoms with Crippen molar-refractivity contribution in [3.8, 4) is 0 Å². The molecule has 0 aliphatic carbocycles. The maximum absolute atomic E-state index is 13.8. The molecule has 2 aromatic rings. The Labute approximate surface area is 180 Å². The van der Waals surface area contributed by atoms with Gasteiger partial charge < -0.3 is 15.5 Å². The van der Waals surface area contributed by atoms with Crippen molar-refractivity contribution in [1.82, 2.24) is 10.6 Å². The summed E-state index contributed by atoms with van der Waals surface area (Å²) in [5, 5.41) is 10.0. The molecule has 1 saturated heterocycles. The Morgan fingerprint density at radius 3 is 2.70 bits per heavy atom. The fraction of sp³-hybridized carbons (Fsp3) is 0.421. The average Bonchev–Trinajstić information content (AvgIpc) is 3.18. The molecule has 1 aliphatic rings. The van der Waals surface area contributed by atoms with E-state index in [2.05, 4.69) is 38.0 Å². The highest BCUT2D eigenvalue weighted by atomic mass is 127. The third-order valence-electron chi connectivity index (χ3n) is 4.41. The second-order valence-electron chi connectivity index (χ2n) is 6.29. The Kier molecular flexibility index (Phi) is 8.75. The van der Waals surface area contributed by atoms with Gasteiger partial charge in [-0.1, -0.05) is 0 Å². The molecule has 4 nitrogen and oxygen atoms in total. The number of hydrogen-bond acceptors (Lipinski definition) is 3. The second-order valence-corrected chi connectivity index (χ2v) is 7.21. The van der Waals surface area contributed by atoms with Crippen LogP contribution in [0.5, 0.6) is 0 Å². The van der Waals surface area contributed by atoms with Crippen molar-refractivity contribution in [3.05, 3.63) is 52.9 Å². The van der Waals surface area contributed by atoms with Gasteiger partial charge in [0.15, 0.2) is 5.96 Å². The Bertz CT molecular complexity index is 731. The summed E-state index contributed by atoms with van der Waals surface area (Å²) in [7, 11) is 0. The Morgan fingerprint density at radius 1 is 1.26 bits per heavy atom. The van der Waals surface area contributed by atoms with E-state index in [0.717, 1.165) is 38.1 Å². The van der Waals surface area contributed by atoms with Gasteiger partial charge in [0, 0.05) is 31.2 Å². The molecule has 0 atom stereocenters. The predicted molar refractivity (Wildman–Crippen MR) is 119 cm³/mol. The number of anilines is 1. The lowest BCUT2D eigenvalue weighted by Crippen LogP contribution is -2.48. The monoisotopic (exact) mass is 506 g/mol. The predicted octanol–water partition coefficient (Wildman–Crippen LogP) is 4.37. The SMILES string of the molecule is CCNC(=NCc1cc(F)ccc1F)NC1CCN(c2cccs2)CC1.I. The molecule has 3 rings (SSSR count). The van der Waals surface area contributed by atoms with Crippen LogP contribution in [0.2, 0.25) is 0 Å². The van der Waals surface area contributed by atoms with Crippen LogP contribution in [0.15, 0.2) is 40.7 Å². The maximum Gasteiger partial charge on any atom is 0.191 e. The fourth-order valence-electron chi connectivity index (χ4n) is 3.04. The number of hydrogen-bond donors (Lipinski definition) is 2. The molecule has 0 unspecified atom stereocenters. The first-order valence-corrected chi connectivity index (χ1v) is 9.81. The van der Waals surface area contributed by atoms with Crippen molar-refractivity contribution in [2.75, 3.05) is 24.5 Å². The third kappa shape index (κ3) is 6.31. The highest BCUT2D eigenvalue weighted by molar-refractivity contribution is 14.0. The van der Waals surface area contributed by atoms with E-state index in [4.69, 9.17) is 0 Å². The Balaban J connectivity index is 0.00000261. The largest absolute Gasteiger partial charge is 0.363 e. The van der Waals surface area contributed by atoms with Gasteiger partial charge in [-0.05, 0) is 55.5 Å². The summed E-state index contributed by atoms with van der Waals surface area (Å²) in [4.78, 5) is 6.82. The lowest BCUT2D eigenvalue weighted by Gasteiger charge is -2.33. The van der Waals surface area contributed by atoms with E-state index in [9.17, 15) is 8.78 Å². The summed E-state index contributed by atoms with van der Waals surface area (Å²) >= 11 is 1.76. The van der Waals surface area contributed by atoms with Crippen molar-refractivity contribution < 1.29 is 8.78 Å². The van der Waals surface area contributed by atoms with Gasteiger partial charge in [-0.2, -0.15) is 0 Å². The van der Waals surface area contributed by atoms with Gasteiger partial charge in [-0.25, -0.2) is 13.8 Å². The quantitative estimate of drug-likeness (QED) is 0.360. The molecule has 1 aromatic heterocycles.